The van der Waals surface area contributed by atoms with E-state index in [1.165, 1.54) is 0 Å². The summed E-state index contributed by atoms with van der Waals surface area (Å²) in [5.74, 6) is 0.233. The minimum atomic E-state index is -0.441. The lowest BCUT2D eigenvalue weighted by Gasteiger charge is -2.12. The van der Waals surface area contributed by atoms with Gasteiger partial charge in [0.05, 0.1) is 6.61 Å². The lowest BCUT2D eigenvalue weighted by Crippen LogP contribution is -2.13. The number of nitrogens with one attached hydrogen (secondary N) is 1. The van der Waals surface area contributed by atoms with Gasteiger partial charge in [0, 0.05) is 11.3 Å². The van der Waals surface area contributed by atoms with Gasteiger partial charge in [0.25, 0.3) is 5.91 Å². The van der Waals surface area contributed by atoms with E-state index >= 15 is 0 Å². The molecule has 146 valence electrons. The van der Waals surface area contributed by atoms with Gasteiger partial charge >= 0.3 is 0 Å². The zero-order valence-electron chi connectivity index (χ0n) is 16.7. The molecule has 29 heavy (non-hydrogen) atoms. The molecule has 4 heteroatoms. The summed E-state index contributed by atoms with van der Waals surface area (Å²) in [6, 6.07) is 21.3. The van der Waals surface area contributed by atoms with Crippen LogP contribution in [0, 0.1) is 18.3 Å². The molecule has 0 aromatic heterocycles. The van der Waals surface area contributed by atoms with Crippen LogP contribution in [0.3, 0.4) is 0 Å². The molecule has 0 saturated carbocycles. The molecule has 4 nitrogen and oxygen atoms in total. The summed E-state index contributed by atoms with van der Waals surface area (Å²) in [6.07, 6.45) is 3.59. The molecule has 0 radical (unpaired) electrons. The topological polar surface area (TPSA) is 62.1 Å². The monoisotopic (exact) mass is 384 g/mol. The standard InChI is InChI=1S/C25H24N2O2/c1-3-4-15-29-24-14-11-19-7-5-6-8-22(19)23(24)16-20(17-26)25(28)27-21-12-9-18(2)10-13-21/h5-14,16H,3-4,15H2,1-2H3,(H,27,28)/b20-16-. The highest BCUT2D eigenvalue weighted by molar-refractivity contribution is 6.11. The van der Waals surface area contributed by atoms with Crippen molar-refractivity contribution in [3.8, 4) is 11.8 Å². The normalized spacial score (nSPS) is 11.1. The first-order valence-corrected chi connectivity index (χ1v) is 9.76. The molecule has 0 aliphatic carbocycles. The lowest BCUT2D eigenvalue weighted by molar-refractivity contribution is -0.112. The number of unbranched alkanes of at least 4 members (excludes halogenated alkanes) is 1. The minimum Gasteiger partial charge on any atom is -0.493 e. The fraction of sp³-hybridized carbons (Fsp3) is 0.200. The quantitative estimate of drug-likeness (QED) is 0.315. The van der Waals surface area contributed by atoms with Crippen molar-refractivity contribution in [3.05, 3.63) is 77.4 Å². The van der Waals surface area contributed by atoms with Gasteiger partial charge in [-0.15, -0.1) is 0 Å². The van der Waals surface area contributed by atoms with Crippen LogP contribution >= 0.6 is 0 Å². The van der Waals surface area contributed by atoms with E-state index < -0.39 is 5.91 Å². The minimum absolute atomic E-state index is 0.0299. The van der Waals surface area contributed by atoms with Crippen LogP contribution in [0.15, 0.2) is 66.2 Å². The average Bonchev–Trinajstić information content (AvgIpc) is 2.74. The maximum atomic E-state index is 12.7. The van der Waals surface area contributed by atoms with E-state index in [0.717, 1.165) is 34.7 Å². The Bertz CT molecular complexity index is 1080. The lowest BCUT2D eigenvalue weighted by atomic mass is 10.0. The Balaban J connectivity index is 1.98. The van der Waals surface area contributed by atoms with Crippen LogP contribution in [0.5, 0.6) is 5.75 Å². The molecule has 3 aromatic carbocycles. The number of aryl methyl sites for hydroxylation is 1. The first-order valence-electron chi connectivity index (χ1n) is 9.76. The summed E-state index contributed by atoms with van der Waals surface area (Å²) in [5.41, 5.74) is 2.53. The number of nitrogens with zero attached hydrogens (tertiary/aromatic N) is 1. The summed E-state index contributed by atoms with van der Waals surface area (Å²) in [6.45, 7) is 4.67. The van der Waals surface area contributed by atoms with Gasteiger partial charge in [-0.05, 0) is 48.4 Å². The summed E-state index contributed by atoms with van der Waals surface area (Å²) < 4.78 is 5.96. The molecule has 0 spiro atoms. The van der Waals surface area contributed by atoms with Gasteiger partial charge in [-0.3, -0.25) is 4.79 Å². The van der Waals surface area contributed by atoms with Crippen molar-refractivity contribution in [1.29, 1.82) is 5.26 Å². The Hall–Kier alpha value is -3.58. The zero-order chi connectivity index (χ0) is 20.6. The molecular formula is C25H24N2O2. The average molecular weight is 384 g/mol. The van der Waals surface area contributed by atoms with Gasteiger partial charge in [0.1, 0.15) is 17.4 Å². The van der Waals surface area contributed by atoms with Crippen LogP contribution < -0.4 is 10.1 Å². The van der Waals surface area contributed by atoms with Gasteiger partial charge in [0.2, 0.25) is 0 Å². The fourth-order valence-electron chi connectivity index (χ4n) is 3.01. The molecule has 0 saturated heterocycles. The molecule has 0 aliphatic heterocycles. The first-order chi connectivity index (χ1) is 14.1. The zero-order valence-corrected chi connectivity index (χ0v) is 16.7. The maximum absolute atomic E-state index is 12.7. The molecule has 3 aromatic rings. The number of rotatable bonds is 7. The van der Waals surface area contributed by atoms with Gasteiger partial charge in [-0.2, -0.15) is 5.26 Å². The van der Waals surface area contributed by atoms with E-state index in [9.17, 15) is 10.1 Å². The molecular weight excluding hydrogens is 360 g/mol. The van der Waals surface area contributed by atoms with Gasteiger partial charge < -0.3 is 10.1 Å². The third-order valence-electron chi connectivity index (χ3n) is 4.65. The van der Waals surface area contributed by atoms with E-state index in [1.807, 2.05) is 73.7 Å². The Kier molecular flexibility index (Phi) is 6.65. The van der Waals surface area contributed by atoms with Crippen LogP contribution in [-0.4, -0.2) is 12.5 Å². The molecule has 0 unspecified atom stereocenters. The van der Waals surface area contributed by atoms with E-state index in [-0.39, 0.29) is 5.57 Å². The van der Waals surface area contributed by atoms with E-state index in [0.29, 0.717) is 18.0 Å². The molecule has 0 heterocycles. The predicted molar refractivity (Wildman–Crippen MR) is 118 cm³/mol. The van der Waals surface area contributed by atoms with E-state index in [4.69, 9.17) is 4.74 Å². The third-order valence-corrected chi connectivity index (χ3v) is 4.65. The number of benzene rings is 3. The number of hydrogen-bond donors (Lipinski definition) is 1. The molecule has 3 rings (SSSR count). The van der Waals surface area contributed by atoms with Crippen LogP contribution in [-0.2, 0) is 4.79 Å². The smallest absolute Gasteiger partial charge is 0.266 e. The van der Waals surface area contributed by atoms with Crippen LogP contribution in [0.4, 0.5) is 5.69 Å². The van der Waals surface area contributed by atoms with E-state index in [2.05, 4.69) is 12.2 Å². The molecule has 0 aliphatic rings. The molecule has 1 amide bonds. The molecule has 0 atom stereocenters. The first kappa shape index (κ1) is 20.2. The Morgan fingerprint density at radius 2 is 1.86 bits per heavy atom. The predicted octanol–water partition coefficient (Wildman–Crippen LogP) is 5.87. The van der Waals surface area contributed by atoms with Crippen molar-refractivity contribution in [3.63, 3.8) is 0 Å². The second-order valence-electron chi connectivity index (χ2n) is 6.89. The number of anilines is 1. The largest absolute Gasteiger partial charge is 0.493 e. The van der Waals surface area contributed by atoms with Crippen molar-refractivity contribution in [2.75, 3.05) is 11.9 Å². The molecule has 0 fully saturated rings. The third kappa shape index (κ3) is 5.03. The maximum Gasteiger partial charge on any atom is 0.266 e. The highest BCUT2D eigenvalue weighted by atomic mass is 16.5. The fourth-order valence-corrected chi connectivity index (χ4v) is 3.01. The summed E-state index contributed by atoms with van der Waals surface area (Å²) in [5, 5.41) is 14.4. The van der Waals surface area contributed by atoms with Crippen molar-refractivity contribution in [1.82, 2.24) is 0 Å². The number of amides is 1. The number of carbonyl (C=O) groups is 1. The Morgan fingerprint density at radius 3 is 2.59 bits per heavy atom. The van der Waals surface area contributed by atoms with Crippen molar-refractivity contribution < 1.29 is 9.53 Å². The van der Waals surface area contributed by atoms with Crippen molar-refractivity contribution >= 4 is 28.4 Å². The van der Waals surface area contributed by atoms with Crippen LogP contribution in [0.2, 0.25) is 0 Å². The van der Waals surface area contributed by atoms with Gasteiger partial charge in [0.15, 0.2) is 0 Å². The number of carbonyl (C=O) groups excluding carboxylic acids is 1. The molecule has 0 bridgehead atoms. The van der Waals surface area contributed by atoms with Gasteiger partial charge in [-0.1, -0.05) is 61.4 Å². The van der Waals surface area contributed by atoms with Crippen LogP contribution in [0.1, 0.15) is 30.9 Å². The Morgan fingerprint density at radius 1 is 1.10 bits per heavy atom. The van der Waals surface area contributed by atoms with Crippen molar-refractivity contribution in [2.24, 2.45) is 0 Å². The highest BCUT2D eigenvalue weighted by Gasteiger charge is 2.13. The second kappa shape index (κ2) is 9.57. The number of hydrogen-bond acceptors (Lipinski definition) is 3. The summed E-state index contributed by atoms with van der Waals surface area (Å²) >= 11 is 0. The van der Waals surface area contributed by atoms with Crippen molar-refractivity contribution in [2.45, 2.75) is 26.7 Å². The van der Waals surface area contributed by atoms with Gasteiger partial charge in [-0.25, -0.2) is 0 Å². The SMILES string of the molecule is CCCCOc1ccc2ccccc2c1/C=C(/C#N)C(=O)Nc1ccc(C)cc1. The highest BCUT2D eigenvalue weighted by Crippen LogP contribution is 2.30. The number of ether oxygens (including phenoxy) is 1. The Labute approximate surface area is 171 Å². The second-order valence-corrected chi connectivity index (χ2v) is 6.89. The number of nitriles is 1. The summed E-state index contributed by atoms with van der Waals surface area (Å²) in [4.78, 5) is 12.7. The van der Waals surface area contributed by atoms with Crippen LogP contribution in [0.25, 0.3) is 16.8 Å². The number of fused-ring (bicyclic) bond motifs is 1. The van der Waals surface area contributed by atoms with E-state index in [1.54, 1.807) is 6.08 Å². The summed E-state index contributed by atoms with van der Waals surface area (Å²) in [7, 11) is 0. The molecule has 1 N–H and O–H groups in total.